The number of nitrogens with one attached hydrogen (secondary N) is 3. The van der Waals surface area contributed by atoms with Crippen molar-refractivity contribution in [1.29, 1.82) is 0 Å². The molecule has 9 nitrogen and oxygen atoms in total. The molecular formula is C23H26FN9. The van der Waals surface area contributed by atoms with Gasteiger partial charge >= 0.3 is 0 Å². The number of nitrogens with zero attached hydrogens (tertiary/aromatic N) is 6. The fraction of sp³-hybridized carbons (Fsp3) is 0.478. The zero-order valence-electron chi connectivity index (χ0n) is 18.3. The lowest BCUT2D eigenvalue weighted by Crippen LogP contribution is -2.59. The molecule has 2 aliphatic heterocycles. The Bertz CT molecular complexity index is 1330. The average molecular weight is 448 g/mol. The van der Waals surface area contributed by atoms with Crippen LogP contribution >= 0.6 is 0 Å². The van der Waals surface area contributed by atoms with E-state index in [4.69, 9.17) is 9.97 Å². The first-order valence-corrected chi connectivity index (χ1v) is 11.8. The van der Waals surface area contributed by atoms with Gasteiger partial charge in [0.15, 0.2) is 11.5 Å². The Morgan fingerprint density at radius 1 is 1.06 bits per heavy atom. The van der Waals surface area contributed by atoms with Crippen molar-refractivity contribution in [3.05, 3.63) is 41.6 Å². The number of hydrogen-bond donors (Lipinski definition) is 3. The number of aromatic nitrogens is 6. The molecule has 170 valence electrons. The third-order valence-electron chi connectivity index (χ3n) is 7.07. The molecule has 3 N–H and O–H groups in total. The van der Waals surface area contributed by atoms with Crippen LogP contribution in [0.25, 0.3) is 16.7 Å². The Kier molecular flexibility index (Phi) is 4.30. The fourth-order valence-corrected chi connectivity index (χ4v) is 5.28. The summed E-state index contributed by atoms with van der Waals surface area (Å²) in [5, 5.41) is 11.7. The zero-order chi connectivity index (χ0) is 21.9. The second-order valence-corrected chi connectivity index (χ2v) is 9.53. The lowest BCUT2D eigenvalue weighted by Gasteiger charge is -2.42. The van der Waals surface area contributed by atoms with Crippen LogP contribution in [0.2, 0.25) is 0 Å². The van der Waals surface area contributed by atoms with Gasteiger partial charge < -0.3 is 20.5 Å². The number of piperidine rings is 1. The van der Waals surface area contributed by atoms with Gasteiger partial charge in [0, 0.05) is 30.7 Å². The zero-order valence-corrected chi connectivity index (χ0v) is 18.3. The number of anilines is 2. The summed E-state index contributed by atoms with van der Waals surface area (Å²) >= 11 is 0. The summed E-state index contributed by atoms with van der Waals surface area (Å²) in [6.07, 6.45) is 7.98. The van der Waals surface area contributed by atoms with Crippen molar-refractivity contribution in [2.24, 2.45) is 0 Å². The Hall–Kier alpha value is -3.27. The minimum Gasteiger partial charge on any atom is -0.347 e. The number of H-pyrrole nitrogens is 1. The van der Waals surface area contributed by atoms with Crippen molar-refractivity contribution in [3.8, 4) is 0 Å². The maximum atomic E-state index is 14.1. The van der Waals surface area contributed by atoms with Crippen LogP contribution in [0, 0.1) is 5.82 Å². The molecule has 0 amide bonds. The molecule has 3 aromatic heterocycles. The van der Waals surface area contributed by atoms with E-state index < -0.39 is 0 Å². The summed E-state index contributed by atoms with van der Waals surface area (Å²) < 4.78 is 15.9. The smallest absolute Gasteiger partial charge is 0.230 e. The molecule has 7 rings (SSSR count). The fourth-order valence-electron chi connectivity index (χ4n) is 5.28. The van der Waals surface area contributed by atoms with Crippen LogP contribution in [0.5, 0.6) is 0 Å². The number of para-hydroxylation sites is 1. The lowest BCUT2D eigenvalue weighted by molar-refractivity contribution is 0.281. The van der Waals surface area contributed by atoms with E-state index in [-0.39, 0.29) is 5.82 Å². The molecule has 0 spiro atoms. The van der Waals surface area contributed by atoms with Crippen LogP contribution in [0.15, 0.2) is 24.4 Å². The van der Waals surface area contributed by atoms with E-state index in [0.29, 0.717) is 47.4 Å². The van der Waals surface area contributed by atoms with E-state index in [9.17, 15) is 4.39 Å². The standard InChI is InChI=1S/C23H26FN9/c24-17-5-2-6-18-20(17)29-19(28-18)10-25-22-31-23(32-11-14-3-1-4-15(12-32)27-14)30-21-16(13-7-8-13)9-26-33(21)22/h2,5-6,9,13-15,27H,1,3-4,7-8,10-12H2,(H,28,29)(H,25,30,31)/t14-,15+. The van der Waals surface area contributed by atoms with E-state index in [1.165, 1.54) is 43.7 Å². The van der Waals surface area contributed by atoms with Crippen molar-refractivity contribution in [1.82, 2.24) is 34.9 Å². The van der Waals surface area contributed by atoms with Crippen molar-refractivity contribution in [2.45, 2.75) is 56.7 Å². The predicted octanol–water partition coefficient (Wildman–Crippen LogP) is 2.96. The van der Waals surface area contributed by atoms with Gasteiger partial charge in [-0.25, -0.2) is 9.37 Å². The van der Waals surface area contributed by atoms with E-state index in [2.05, 4.69) is 30.6 Å². The maximum Gasteiger partial charge on any atom is 0.230 e. The SMILES string of the molecule is Fc1cccc2[nH]c(CNc3nc(N4C[C@H]5CCC[C@@H](C4)N5)nc4c(C5CC5)cnn34)nc12. The normalized spacial score (nSPS) is 22.9. The highest BCUT2D eigenvalue weighted by Gasteiger charge is 2.33. The Balaban J connectivity index is 1.24. The van der Waals surface area contributed by atoms with Gasteiger partial charge in [0.2, 0.25) is 11.9 Å². The van der Waals surface area contributed by atoms with Gasteiger partial charge in [-0.2, -0.15) is 19.6 Å². The summed E-state index contributed by atoms with van der Waals surface area (Å²) in [5.41, 5.74) is 3.11. The number of hydrogen-bond acceptors (Lipinski definition) is 7. The molecule has 10 heteroatoms. The van der Waals surface area contributed by atoms with Crippen molar-refractivity contribution >= 4 is 28.6 Å². The van der Waals surface area contributed by atoms with Crippen LogP contribution in [0.3, 0.4) is 0 Å². The molecule has 3 fully saturated rings. The van der Waals surface area contributed by atoms with E-state index in [1.807, 2.05) is 12.3 Å². The summed E-state index contributed by atoms with van der Waals surface area (Å²) in [6, 6.07) is 5.91. The van der Waals surface area contributed by atoms with Gasteiger partial charge in [-0.1, -0.05) is 12.5 Å². The minimum absolute atomic E-state index is 0.327. The third-order valence-corrected chi connectivity index (χ3v) is 7.07. The topological polar surface area (TPSA) is 99.1 Å². The van der Waals surface area contributed by atoms with Gasteiger partial charge in [0.1, 0.15) is 11.3 Å². The largest absolute Gasteiger partial charge is 0.347 e. The molecule has 1 saturated carbocycles. The van der Waals surface area contributed by atoms with Crippen LogP contribution in [0.4, 0.5) is 16.3 Å². The van der Waals surface area contributed by atoms with Crippen molar-refractivity contribution < 1.29 is 4.39 Å². The molecule has 5 heterocycles. The Morgan fingerprint density at radius 2 is 1.91 bits per heavy atom. The Morgan fingerprint density at radius 3 is 2.70 bits per heavy atom. The number of fused-ring (bicyclic) bond motifs is 4. The van der Waals surface area contributed by atoms with Gasteiger partial charge in [-0.05, 0) is 43.7 Å². The Labute approximate surface area is 189 Å². The number of piperazine rings is 1. The molecule has 0 unspecified atom stereocenters. The van der Waals surface area contributed by atoms with Gasteiger partial charge in [0.25, 0.3) is 0 Å². The molecule has 1 aromatic carbocycles. The number of rotatable bonds is 5. The third kappa shape index (κ3) is 3.40. The molecule has 2 saturated heterocycles. The molecule has 4 aromatic rings. The van der Waals surface area contributed by atoms with Crippen molar-refractivity contribution in [2.75, 3.05) is 23.3 Å². The summed E-state index contributed by atoms with van der Waals surface area (Å²) in [5.74, 6) is 2.24. The summed E-state index contributed by atoms with van der Waals surface area (Å²) in [4.78, 5) is 19.8. The summed E-state index contributed by atoms with van der Waals surface area (Å²) in [6.45, 7) is 2.22. The summed E-state index contributed by atoms with van der Waals surface area (Å²) in [7, 11) is 0. The minimum atomic E-state index is -0.327. The van der Waals surface area contributed by atoms with E-state index >= 15 is 0 Å². The molecular weight excluding hydrogens is 421 g/mol. The highest BCUT2D eigenvalue weighted by Crippen LogP contribution is 2.42. The number of benzene rings is 1. The quantitative estimate of drug-likeness (QED) is 0.433. The molecule has 2 bridgehead atoms. The molecule has 2 atom stereocenters. The van der Waals surface area contributed by atoms with Gasteiger partial charge in [0.05, 0.1) is 18.3 Å². The second kappa shape index (κ2) is 7.38. The maximum absolute atomic E-state index is 14.1. The molecule has 1 aliphatic carbocycles. The second-order valence-electron chi connectivity index (χ2n) is 9.53. The first-order valence-electron chi connectivity index (χ1n) is 11.8. The number of aromatic amines is 1. The first-order chi connectivity index (χ1) is 16.2. The van der Waals surface area contributed by atoms with E-state index in [0.717, 1.165) is 24.7 Å². The number of halogens is 1. The highest BCUT2D eigenvalue weighted by atomic mass is 19.1. The van der Waals surface area contributed by atoms with Crippen LogP contribution in [0.1, 0.15) is 49.4 Å². The van der Waals surface area contributed by atoms with E-state index in [1.54, 1.807) is 10.6 Å². The predicted molar refractivity (Wildman–Crippen MR) is 123 cm³/mol. The lowest BCUT2D eigenvalue weighted by atomic mass is 9.94. The molecule has 0 radical (unpaired) electrons. The van der Waals surface area contributed by atoms with Gasteiger partial charge in [-0.15, -0.1) is 0 Å². The van der Waals surface area contributed by atoms with Crippen LogP contribution in [-0.2, 0) is 6.54 Å². The van der Waals surface area contributed by atoms with Gasteiger partial charge in [-0.3, -0.25) is 0 Å². The monoisotopic (exact) mass is 447 g/mol. The highest BCUT2D eigenvalue weighted by molar-refractivity contribution is 5.75. The number of imidazole rings is 1. The first kappa shape index (κ1) is 19.2. The van der Waals surface area contributed by atoms with Crippen LogP contribution in [-0.4, -0.2) is 54.7 Å². The van der Waals surface area contributed by atoms with Crippen molar-refractivity contribution in [3.63, 3.8) is 0 Å². The molecule has 33 heavy (non-hydrogen) atoms. The average Bonchev–Trinajstić information content (AvgIpc) is 3.42. The van der Waals surface area contributed by atoms with Crippen LogP contribution < -0.4 is 15.5 Å². The molecule has 3 aliphatic rings.